The molecule has 1 aromatic carbocycles. The van der Waals surface area contributed by atoms with Crippen molar-refractivity contribution in [2.24, 2.45) is 5.92 Å². The maximum absolute atomic E-state index is 12.1. The molecule has 0 aromatic heterocycles. The van der Waals surface area contributed by atoms with Crippen LogP contribution < -0.4 is 10.6 Å². The van der Waals surface area contributed by atoms with E-state index < -0.39 is 0 Å². The lowest BCUT2D eigenvalue weighted by Crippen LogP contribution is -2.34. The Morgan fingerprint density at radius 2 is 2.23 bits per heavy atom. The van der Waals surface area contributed by atoms with Gasteiger partial charge in [-0.15, -0.1) is 0 Å². The van der Waals surface area contributed by atoms with Crippen molar-refractivity contribution < 1.29 is 4.79 Å². The smallest absolute Gasteiger partial charge is 0.220 e. The van der Waals surface area contributed by atoms with Gasteiger partial charge in [0.2, 0.25) is 5.91 Å². The van der Waals surface area contributed by atoms with Gasteiger partial charge in [0.1, 0.15) is 0 Å². The number of nitrogens with one attached hydrogen (secondary N) is 2. The highest BCUT2D eigenvalue weighted by Crippen LogP contribution is 2.25. The van der Waals surface area contributed by atoms with Crippen molar-refractivity contribution in [3.8, 4) is 0 Å². The Morgan fingerprint density at radius 3 is 2.86 bits per heavy atom. The third-order valence-electron chi connectivity index (χ3n) is 4.32. The summed E-state index contributed by atoms with van der Waals surface area (Å²) in [7, 11) is 4.01. The molecule has 5 heteroatoms. The fourth-order valence-electron chi connectivity index (χ4n) is 2.91. The van der Waals surface area contributed by atoms with E-state index in [4.69, 9.17) is 11.6 Å². The van der Waals surface area contributed by atoms with E-state index in [1.165, 1.54) is 6.42 Å². The minimum Gasteiger partial charge on any atom is -0.354 e. The van der Waals surface area contributed by atoms with Crippen LogP contribution in [0.1, 0.15) is 30.9 Å². The first-order valence-electron chi connectivity index (χ1n) is 7.96. The van der Waals surface area contributed by atoms with Crippen LogP contribution in [0.2, 0.25) is 5.02 Å². The molecule has 0 bridgehead atoms. The molecule has 0 radical (unpaired) electrons. The largest absolute Gasteiger partial charge is 0.354 e. The number of amides is 1. The van der Waals surface area contributed by atoms with Crippen molar-refractivity contribution in [2.45, 2.75) is 25.3 Å². The predicted molar refractivity (Wildman–Crippen MR) is 91.1 cm³/mol. The van der Waals surface area contributed by atoms with Gasteiger partial charge >= 0.3 is 0 Å². The molecule has 1 fully saturated rings. The van der Waals surface area contributed by atoms with Crippen LogP contribution in [0, 0.1) is 5.92 Å². The Kier molecular flexibility index (Phi) is 6.68. The lowest BCUT2D eigenvalue weighted by atomic mass is 10.0. The summed E-state index contributed by atoms with van der Waals surface area (Å²) < 4.78 is 0. The molecule has 2 N–H and O–H groups in total. The van der Waals surface area contributed by atoms with Gasteiger partial charge in [0.05, 0.1) is 6.04 Å². The summed E-state index contributed by atoms with van der Waals surface area (Å²) in [5.41, 5.74) is 1.05. The maximum atomic E-state index is 12.1. The van der Waals surface area contributed by atoms with Crippen LogP contribution in [0.4, 0.5) is 0 Å². The molecular formula is C17H26ClN3O. The molecule has 1 amide bonds. The SMILES string of the molecule is CN(C)C(CNC(=O)CCC1CCNC1)c1ccccc1Cl. The van der Waals surface area contributed by atoms with E-state index in [2.05, 4.69) is 15.5 Å². The van der Waals surface area contributed by atoms with Crippen molar-refractivity contribution >= 4 is 17.5 Å². The number of hydrogen-bond acceptors (Lipinski definition) is 3. The summed E-state index contributed by atoms with van der Waals surface area (Å²) in [5.74, 6) is 0.782. The molecule has 4 nitrogen and oxygen atoms in total. The Balaban J connectivity index is 1.83. The van der Waals surface area contributed by atoms with Gasteiger partial charge in [0.15, 0.2) is 0 Å². The molecule has 2 atom stereocenters. The minimum absolute atomic E-state index is 0.0887. The highest BCUT2D eigenvalue weighted by molar-refractivity contribution is 6.31. The summed E-state index contributed by atoms with van der Waals surface area (Å²) in [4.78, 5) is 14.1. The van der Waals surface area contributed by atoms with Gasteiger partial charge in [-0.05, 0) is 57.6 Å². The van der Waals surface area contributed by atoms with Crippen molar-refractivity contribution in [1.82, 2.24) is 15.5 Å². The second kappa shape index (κ2) is 8.51. The van der Waals surface area contributed by atoms with Gasteiger partial charge in [-0.25, -0.2) is 0 Å². The van der Waals surface area contributed by atoms with Crippen LogP contribution in [-0.2, 0) is 4.79 Å². The summed E-state index contributed by atoms with van der Waals surface area (Å²) in [5, 5.41) is 7.13. The Hall–Kier alpha value is -1.10. The van der Waals surface area contributed by atoms with Crippen LogP contribution in [0.15, 0.2) is 24.3 Å². The van der Waals surface area contributed by atoms with E-state index in [0.29, 0.717) is 18.9 Å². The van der Waals surface area contributed by atoms with Gasteiger partial charge in [0.25, 0.3) is 0 Å². The zero-order chi connectivity index (χ0) is 15.9. The first-order valence-corrected chi connectivity index (χ1v) is 8.34. The van der Waals surface area contributed by atoms with Gasteiger partial charge in [-0.1, -0.05) is 29.8 Å². The second-order valence-corrected chi connectivity index (χ2v) is 6.61. The molecule has 1 aliphatic rings. The van der Waals surface area contributed by atoms with Crippen molar-refractivity contribution in [2.75, 3.05) is 33.7 Å². The van der Waals surface area contributed by atoms with Crippen LogP contribution in [0.3, 0.4) is 0 Å². The maximum Gasteiger partial charge on any atom is 0.220 e. The Labute approximate surface area is 138 Å². The highest BCUT2D eigenvalue weighted by atomic mass is 35.5. The fourth-order valence-corrected chi connectivity index (χ4v) is 3.17. The van der Waals surface area contributed by atoms with E-state index in [-0.39, 0.29) is 11.9 Å². The van der Waals surface area contributed by atoms with Crippen LogP contribution in [0.5, 0.6) is 0 Å². The van der Waals surface area contributed by atoms with Gasteiger partial charge in [0, 0.05) is 18.0 Å². The zero-order valence-electron chi connectivity index (χ0n) is 13.4. The first kappa shape index (κ1) is 17.3. The topological polar surface area (TPSA) is 44.4 Å². The number of carbonyl (C=O) groups is 1. The second-order valence-electron chi connectivity index (χ2n) is 6.20. The average molecular weight is 324 g/mol. The molecule has 0 spiro atoms. The van der Waals surface area contributed by atoms with E-state index in [1.54, 1.807) is 0 Å². The third kappa shape index (κ3) is 4.97. The molecule has 1 saturated heterocycles. The van der Waals surface area contributed by atoms with Crippen molar-refractivity contribution in [1.29, 1.82) is 0 Å². The number of likely N-dealkylation sites (N-methyl/N-ethyl adjacent to an activating group) is 1. The fraction of sp³-hybridized carbons (Fsp3) is 0.588. The molecule has 2 unspecified atom stereocenters. The molecular weight excluding hydrogens is 298 g/mol. The van der Waals surface area contributed by atoms with Crippen LogP contribution in [-0.4, -0.2) is 44.5 Å². The molecule has 1 aromatic rings. The number of hydrogen-bond donors (Lipinski definition) is 2. The molecule has 1 heterocycles. The van der Waals surface area contributed by atoms with Crippen LogP contribution in [0.25, 0.3) is 0 Å². The van der Waals surface area contributed by atoms with Crippen molar-refractivity contribution in [3.63, 3.8) is 0 Å². The number of halogens is 1. The lowest BCUT2D eigenvalue weighted by Gasteiger charge is -2.26. The Bertz CT molecular complexity index is 487. The lowest BCUT2D eigenvalue weighted by molar-refractivity contribution is -0.121. The van der Waals surface area contributed by atoms with Crippen LogP contribution >= 0.6 is 11.6 Å². The molecule has 0 aliphatic carbocycles. The number of benzene rings is 1. The predicted octanol–water partition coefficient (Wildman–Crippen LogP) is 2.45. The molecule has 0 saturated carbocycles. The van der Waals surface area contributed by atoms with Gasteiger partial charge < -0.3 is 15.5 Å². The summed E-state index contributed by atoms with van der Waals surface area (Å²) in [6.45, 7) is 2.72. The van der Waals surface area contributed by atoms with E-state index in [1.807, 2.05) is 38.4 Å². The standard InChI is InChI=1S/C17H26ClN3O/c1-21(2)16(14-5-3-4-6-15(14)18)12-20-17(22)8-7-13-9-10-19-11-13/h3-6,13,16,19H,7-12H2,1-2H3,(H,20,22). The number of carbonyl (C=O) groups excluding carboxylic acids is 1. The molecule has 2 rings (SSSR count). The van der Waals surface area contributed by atoms with Gasteiger partial charge in [-0.2, -0.15) is 0 Å². The van der Waals surface area contributed by atoms with Crippen molar-refractivity contribution in [3.05, 3.63) is 34.9 Å². The molecule has 22 heavy (non-hydrogen) atoms. The highest BCUT2D eigenvalue weighted by Gasteiger charge is 2.19. The molecule has 122 valence electrons. The van der Waals surface area contributed by atoms with E-state index in [9.17, 15) is 4.79 Å². The number of rotatable bonds is 7. The third-order valence-corrected chi connectivity index (χ3v) is 4.67. The summed E-state index contributed by atoms with van der Waals surface area (Å²) >= 11 is 6.28. The number of nitrogens with zero attached hydrogens (tertiary/aromatic N) is 1. The quantitative estimate of drug-likeness (QED) is 0.810. The average Bonchev–Trinajstić information content (AvgIpc) is 3.00. The van der Waals surface area contributed by atoms with E-state index >= 15 is 0 Å². The monoisotopic (exact) mass is 323 g/mol. The van der Waals surface area contributed by atoms with E-state index in [0.717, 1.165) is 30.1 Å². The Morgan fingerprint density at radius 1 is 1.45 bits per heavy atom. The summed E-state index contributed by atoms with van der Waals surface area (Å²) in [6.07, 6.45) is 2.76. The minimum atomic E-state index is 0.0887. The van der Waals surface area contributed by atoms with Gasteiger partial charge in [-0.3, -0.25) is 4.79 Å². The zero-order valence-corrected chi connectivity index (χ0v) is 14.2. The molecule has 1 aliphatic heterocycles. The normalized spacial score (nSPS) is 19.4. The summed E-state index contributed by atoms with van der Waals surface area (Å²) in [6, 6.07) is 7.90. The first-order chi connectivity index (χ1) is 10.6.